The molecule has 3 aromatic heterocycles. The first-order valence-electron chi connectivity index (χ1n) is 17.5. The Balaban J connectivity index is 1.55. The highest BCUT2D eigenvalue weighted by Crippen LogP contribution is 2.21. The van der Waals surface area contributed by atoms with E-state index in [0.717, 1.165) is 11.8 Å². The Morgan fingerprint density at radius 3 is 1.76 bits per heavy atom. The predicted molar refractivity (Wildman–Crippen MR) is 221 cm³/mol. The van der Waals surface area contributed by atoms with E-state index >= 15 is 0 Å². The van der Waals surface area contributed by atoms with E-state index in [2.05, 4.69) is 52.8 Å². The van der Waals surface area contributed by atoms with Gasteiger partial charge in [0.05, 0.1) is 23.6 Å². The molecule has 0 saturated carbocycles. The van der Waals surface area contributed by atoms with Gasteiger partial charge in [-0.25, -0.2) is 0 Å². The fourth-order valence-corrected chi connectivity index (χ4v) is 6.78. The summed E-state index contributed by atoms with van der Waals surface area (Å²) in [6.07, 6.45) is 4.12. The maximum Gasteiger partial charge on any atom is 0.322 e. The van der Waals surface area contributed by atoms with Gasteiger partial charge in [-0.1, -0.05) is 15.9 Å². The summed E-state index contributed by atoms with van der Waals surface area (Å²) in [6.45, 7) is -0.302. The Bertz CT molecular complexity index is 2090. The third-order valence-corrected chi connectivity index (χ3v) is 10.4. The van der Waals surface area contributed by atoms with Crippen LogP contribution in [0.5, 0.6) is 0 Å². The number of carboxylic acid groups (broad SMARTS) is 2. The van der Waals surface area contributed by atoms with E-state index in [9.17, 15) is 38.4 Å². The Labute approximate surface area is 349 Å². The number of aryl methyl sites for hydroxylation is 3. The summed E-state index contributed by atoms with van der Waals surface area (Å²) < 4.78 is 4.53. The zero-order valence-electron chi connectivity index (χ0n) is 32.1. The molecule has 3 atom stereocenters. The van der Waals surface area contributed by atoms with Crippen LogP contribution in [-0.2, 0) is 45.1 Å². The van der Waals surface area contributed by atoms with Gasteiger partial charge in [-0.05, 0) is 24.6 Å². The number of nitrogens with two attached hydrogens (primary N) is 3. The van der Waals surface area contributed by atoms with Gasteiger partial charge in [-0.2, -0.15) is 11.8 Å². The van der Waals surface area contributed by atoms with E-state index in [4.69, 9.17) is 27.4 Å². The number of aliphatic imine (C=N–C) groups is 1. The van der Waals surface area contributed by atoms with Gasteiger partial charge in [0.1, 0.15) is 40.5 Å². The molecule has 3 heterocycles. The number of halogens is 1. The van der Waals surface area contributed by atoms with Crippen molar-refractivity contribution in [3.63, 3.8) is 0 Å². The number of carbonyl (C=O) groups is 8. The third-order valence-electron chi connectivity index (χ3n) is 8.09. The smallest absolute Gasteiger partial charge is 0.322 e. The average Bonchev–Trinajstić information content (AvgIpc) is 3.84. The SMILES string of the molecule is Cn1cc(NC(=O)c2cc(NC(=O)c3cc(NC(=O)C(Br)CSCC(NC(=O)CCC(N)C(=O)O)C(=O)NCC(=O)O)cn3C)cn2C)cc1C(=O)NCCN=C(N)N. The summed E-state index contributed by atoms with van der Waals surface area (Å²) in [6, 6.07) is 1.92. The number of rotatable bonds is 22. The standard InChI is InChI=1S/C34H46BrN13O10S/c1-46-13-18(8-23(46)30(54)39-6-7-40-34(37)38)43-32(56)25-10-19(14-48(25)3)44-31(55)24-9-17(12-47(24)2)42-28(52)20(35)15-59-16-22(29(53)41-11-27(50)51)45-26(49)5-4-21(36)33(57)58/h8-10,12-14,20-22H,4-7,11,15-16,36H2,1-3H3,(H,39,54)(H,41,53)(H,42,52)(H,43,56)(H,44,55)(H,45,49)(H,50,51)(H,57,58)(H4,37,38,40). The van der Waals surface area contributed by atoms with Gasteiger partial charge in [-0.3, -0.25) is 43.3 Å². The van der Waals surface area contributed by atoms with E-state index in [-0.39, 0.29) is 66.2 Å². The lowest BCUT2D eigenvalue weighted by Gasteiger charge is -2.19. The number of thioether (sulfide) groups is 1. The number of alkyl halides is 1. The number of hydrogen-bond donors (Lipinski definition) is 11. The van der Waals surface area contributed by atoms with Crippen molar-refractivity contribution in [2.75, 3.05) is 47.1 Å². The molecule has 23 nitrogen and oxygen atoms in total. The van der Waals surface area contributed by atoms with Gasteiger partial charge < -0.3 is 73.0 Å². The first-order valence-corrected chi connectivity index (χ1v) is 19.6. The van der Waals surface area contributed by atoms with E-state index in [0.29, 0.717) is 11.4 Å². The molecular weight excluding hydrogens is 862 g/mol. The number of nitrogens with one attached hydrogen (secondary N) is 6. The van der Waals surface area contributed by atoms with Crippen LogP contribution in [0.15, 0.2) is 41.8 Å². The first-order chi connectivity index (χ1) is 27.7. The van der Waals surface area contributed by atoms with Gasteiger partial charge in [0.25, 0.3) is 17.7 Å². The second-order valence-corrected chi connectivity index (χ2v) is 15.0. The number of aliphatic carboxylic acids is 2. The van der Waals surface area contributed by atoms with Crippen LogP contribution < -0.4 is 49.1 Å². The lowest BCUT2D eigenvalue weighted by molar-refractivity contribution is -0.139. The zero-order chi connectivity index (χ0) is 44.0. The Morgan fingerprint density at radius 2 is 1.27 bits per heavy atom. The maximum absolute atomic E-state index is 13.3. The number of guanidine groups is 1. The van der Waals surface area contributed by atoms with Gasteiger partial charge in [-0.15, -0.1) is 0 Å². The van der Waals surface area contributed by atoms with Gasteiger partial charge in [0.15, 0.2) is 5.96 Å². The number of carbonyl (C=O) groups excluding carboxylic acids is 6. The topological polar surface area (TPSA) is 354 Å². The number of aromatic nitrogens is 3. The van der Waals surface area contributed by atoms with Gasteiger partial charge in [0.2, 0.25) is 17.7 Å². The monoisotopic (exact) mass is 907 g/mol. The van der Waals surface area contributed by atoms with Crippen LogP contribution in [0.25, 0.3) is 0 Å². The van der Waals surface area contributed by atoms with Gasteiger partial charge in [0, 0.05) is 64.2 Å². The second kappa shape index (κ2) is 22.0. The number of hydrogen-bond acceptors (Lipinski definition) is 11. The second-order valence-electron chi connectivity index (χ2n) is 12.9. The van der Waals surface area contributed by atoms with Crippen molar-refractivity contribution < 1.29 is 48.6 Å². The Kier molecular flexibility index (Phi) is 17.5. The molecule has 0 aliphatic rings. The lowest BCUT2D eigenvalue weighted by atomic mass is 10.1. The molecule has 0 saturated heterocycles. The van der Waals surface area contributed by atoms with Crippen LogP contribution >= 0.6 is 27.7 Å². The summed E-state index contributed by atoms with van der Waals surface area (Å²) in [5.74, 6) is -6.08. The quantitative estimate of drug-likeness (QED) is 0.0237. The molecule has 0 aromatic carbocycles. The summed E-state index contributed by atoms with van der Waals surface area (Å²) in [5, 5.41) is 33.3. The molecule has 0 radical (unpaired) electrons. The van der Waals surface area contributed by atoms with E-state index in [1.54, 1.807) is 31.9 Å². The van der Waals surface area contributed by atoms with Crippen molar-refractivity contribution in [1.29, 1.82) is 0 Å². The summed E-state index contributed by atoms with van der Waals surface area (Å²) in [5.41, 5.74) is 17.6. The zero-order valence-corrected chi connectivity index (χ0v) is 34.5. The fraction of sp³-hybridized carbons (Fsp3) is 0.382. The van der Waals surface area contributed by atoms with E-state index in [1.165, 1.54) is 39.7 Å². The van der Waals surface area contributed by atoms with Crippen LogP contribution in [0.3, 0.4) is 0 Å². The number of nitrogens with zero attached hydrogens (tertiary/aromatic N) is 4. The molecule has 0 aliphatic heterocycles. The highest BCUT2D eigenvalue weighted by molar-refractivity contribution is 9.10. The highest BCUT2D eigenvalue weighted by Gasteiger charge is 2.25. The molecule has 14 N–H and O–H groups in total. The van der Waals surface area contributed by atoms with Crippen LogP contribution in [0.2, 0.25) is 0 Å². The number of anilines is 3. The molecule has 320 valence electrons. The summed E-state index contributed by atoms with van der Waals surface area (Å²) >= 11 is 4.38. The molecule has 3 unspecified atom stereocenters. The third kappa shape index (κ3) is 14.8. The minimum atomic E-state index is -1.31. The highest BCUT2D eigenvalue weighted by atomic mass is 79.9. The largest absolute Gasteiger partial charge is 0.480 e. The first kappa shape index (κ1) is 47.0. The van der Waals surface area contributed by atoms with Crippen molar-refractivity contribution in [3.8, 4) is 0 Å². The van der Waals surface area contributed by atoms with Crippen molar-refractivity contribution >= 4 is 98.1 Å². The minimum Gasteiger partial charge on any atom is -0.480 e. The minimum absolute atomic E-state index is 0.0639. The summed E-state index contributed by atoms with van der Waals surface area (Å²) in [4.78, 5) is 102. The van der Waals surface area contributed by atoms with Crippen molar-refractivity contribution in [2.24, 2.45) is 43.3 Å². The Hall–Kier alpha value is -6.34. The molecule has 25 heteroatoms. The molecule has 3 rings (SSSR count). The number of amides is 6. The van der Waals surface area contributed by atoms with Crippen LogP contribution in [0.1, 0.15) is 44.3 Å². The fourth-order valence-electron chi connectivity index (χ4n) is 5.14. The molecule has 59 heavy (non-hydrogen) atoms. The molecule has 0 spiro atoms. The van der Waals surface area contributed by atoms with E-state index < -0.39 is 70.8 Å². The van der Waals surface area contributed by atoms with Crippen molar-refractivity contribution in [2.45, 2.75) is 29.8 Å². The molecule has 3 aromatic rings. The summed E-state index contributed by atoms with van der Waals surface area (Å²) in [7, 11) is 4.84. The lowest BCUT2D eigenvalue weighted by Crippen LogP contribution is -2.49. The molecule has 0 bridgehead atoms. The van der Waals surface area contributed by atoms with E-state index in [1.807, 2.05) is 0 Å². The molecule has 0 aliphatic carbocycles. The van der Waals surface area contributed by atoms with Crippen LogP contribution in [-0.4, -0.2) is 125 Å². The molecule has 0 fully saturated rings. The predicted octanol–water partition coefficient (Wildman–Crippen LogP) is -1.48. The number of carboxylic acids is 2. The Morgan fingerprint density at radius 1 is 0.763 bits per heavy atom. The van der Waals surface area contributed by atoms with Crippen molar-refractivity contribution in [3.05, 3.63) is 53.9 Å². The van der Waals surface area contributed by atoms with Crippen molar-refractivity contribution in [1.82, 2.24) is 29.7 Å². The normalized spacial score (nSPS) is 12.3. The maximum atomic E-state index is 13.3. The molecule has 6 amide bonds. The molecular formula is C34H46BrN13O10S. The van der Waals surface area contributed by atoms with Crippen LogP contribution in [0.4, 0.5) is 17.1 Å². The van der Waals surface area contributed by atoms with Gasteiger partial charge >= 0.3 is 11.9 Å². The van der Waals surface area contributed by atoms with Crippen LogP contribution in [0, 0.1) is 0 Å². The average molecular weight is 909 g/mol.